The van der Waals surface area contributed by atoms with Crippen LogP contribution in [-0.2, 0) is 14.6 Å². The molecular weight excluding hydrogens is 214 g/mol. The van der Waals surface area contributed by atoms with Gasteiger partial charge in [-0.2, -0.15) is 0 Å². The molecule has 0 aromatic rings. The van der Waals surface area contributed by atoms with E-state index < -0.39 is 9.84 Å². The van der Waals surface area contributed by atoms with Crippen LogP contribution >= 0.6 is 0 Å². The summed E-state index contributed by atoms with van der Waals surface area (Å²) in [6.07, 6.45) is 2.16. The second-order valence-electron chi connectivity index (χ2n) is 4.15. The zero-order valence-electron chi connectivity index (χ0n) is 9.58. The van der Waals surface area contributed by atoms with E-state index in [2.05, 4.69) is 5.32 Å². The van der Waals surface area contributed by atoms with Gasteiger partial charge in [-0.05, 0) is 33.2 Å². The van der Waals surface area contributed by atoms with E-state index in [4.69, 9.17) is 4.74 Å². The number of rotatable bonds is 4. The van der Waals surface area contributed by atoms with Gasteiger partial charge in [0.05, 0.1) is 17.1 Å². The summed E-state index contributed by atoms with van der Waals surface area (Å²) in [6, 6.07) is 0. The Hall–Kier alpha value is -0.130. The molecule has 0 spiro atoms. The first kappa shape index (κ1) is 12.9. The summed E-state index contributed by atoms with van der Waals surface area (Å²) in [6.45, 7) is 3.33. The Labute approximate surface area is 92.3 Å². The van der Waals surface area contributed by atoms with Gasteiger partial charge in [0.1, 0.15) is 9.84 Å². The molecule has 0 saturated carbocycles. The highest BCUT2D eigenvalue weighted by atomic mass is 32.2. The van der Waals surface area contributed by atoms with E-state index in [0.717, 1.165) is 13.0 Å². The van der Waals surface area contributed by atoms with Gasteiger partial charge in [-0.1, -0.05) is 0 Å². The van der Waals surface area contributed by atoms with Crippen molar-refractivity contribution in [1.82, 2.24) is 5.32 Å². The average Bonchev–Trinajstić information content (AvgIpc) is 2.28. The summed E-state index contributed by atoms with van der Waals surface area (Å²) in [5.74, 6) is 0.570. The molecule has 0 radical (unpaired) electrons. The van der Waals surface area contributed by atoms with Gasteiger partial charge in [0.2, 0.25) is 0 Å². The van der Waals surface area contributed by atoms with Crippen LogP contribution in [0.1, 0.15) is 26.2 Å². The molecule has 4 nitrogen and oxygen atoms in total. The molecule has 0 aromatic heterocycles. The first-order valence-electron chi connectivity index (χ1n) is 5.52. The van der Waals surface area contributed by atoms with Gasteiger partial charge >= 0.3 is 0 Å². The monoisotopic (exact) mass is 235 g/mol. The summed E-state index contributed by atoms with van der Waals surface area (Å²) < 4.78 is 28.7. The maximum Gasteiger partial charge on any atom is 0.150 e. The quantitative estimate of drug-likeness (QED) is 0.774. The van der Waals surface area contributed by atoms with Crippen molar-refractivity contribution in [3.63, 3.8) is 0 Å². The van der Waals surface area contributed by atoms with Crippen LogP contribution in [0.4, 0.5) is 0 Å². The van der Waals surface area contributed by atoms with Crippen molar-refractivity contribution in [3.8, 4) is 0 Å². The third-order valence-corrected chi connectivity index (χ3v) is 4.64. The fourth-order valence-electron chi connectivity index (χ4n) is 2.18. The van der Waals surface area contributed by atoms with E-state index in [9.17, 15) is 8.42 Å². The predicted octanol–water partition coefficient (Wildman–Crippen LogP) is 0.580. The molecule has 1 atom stereocenters. The van der Waals surface area contributed by atoms with Crippen molar-refractivity contribution in [2.24, 2.45) is 0 Å². The van der Waals surface area contributed by atoms with Crippen molar-refractivity contribution in [3.05, 3.63) is 0 Å². The number of sulfone groups is 1. The minimum absolute atomic E-state index is 0.259. The zero-order valence-corrected chi connectivity index (χ0v) is 10.4. The van der Waals surface area contributed by atoms with E-state index >= 15 is 0 Å². The molecule has 1 rings (SSSR count). The molecule has 1 unspecified atom stereocenters. The Morgan fingerprint density at radius 3 is 2.67 bits per heavy atom. The van der Waals surface area contributed by atoms with E-state index in [1.807, 2.05) is 14.0 Å². The van der Waals surface area contributed by atoms with Gasteiger partial charge < -0.3 is 10.1 Å². The number of hydrogen-bond donors (Lipinski definition) is 1. The van der Waals surface area contributed by atoms with Gasteiger partial charge in [0, 0.05) is 13.2 Å². The molecule has 1 fully saturated rings. The maximum absolute atomic E-state index is 11.5. The Morgan fingerprint density at radius 2 is 2.07 bits per heavy atom. The van der Waals surface area contributed by atoms with E-state index in [-0.39, 0.29) is 11.4 Å². The fraction of sp³-hybridized carbons (Fsp3) is 1.00. The van der Waals surface area contributed by atoms with Crippen LogP contribution in [0.2, 0.25) is 0 Å². The van der Waals surface area contributed by atoms with Gasteiger partial charge in [-0.3, -0.25) is 0 Å². The van der Waals surface area contributed by atoms with Crippen LogP contribution in [0, 0.1) is 0 Å². The highest BCUT2D eigenvalue weighted by molar-refractivity contribution is 7.91. The number of hydrogen-bond acceptors (Lipinski definition) is 4. The minimum Gasteiger partial charge on any atom is -0.374 e. The summed E-state index contributed by atoms with van der Waals surface area (Å²) >= 11 is 0. The molecule has 5 heteroatoms. The molecule has 1 aliphatic heterocycles. The van der Waals surface area contributed by atoms with Crippen molar-refractivity contribution in [2.45, 2.75) is 31.8 Å². The lowest BCUT2D eigenvalue weighted by molar-refractivity contribution is -0.0444. The molecule has 1 N–H and O–H groups in total. The standard InChI is InChI=1S/C10H21NO3S/c1-3-14-10(9-11-2)5-4-7-15(12,13)8-6-10/h11H,3-9H2,1-2H3. The predicted molar refractivity (Wildman–Crippen MR) is 60.8 cm³/mol. The highest BCUT2D eigenvalue weighted by Gasteiger charge is 2.34. The third kappa shape index (κ3) is 3.74. The lowest BCUT2D eigenvalue weighted by Crippen LogP contribution is -2.42. The highest BCUT2D eigenvalue weighted by Crippen LogP contribution is 2.26. The first-order chi connectivity index (χ1) is 7.04. The van der Waals surface area contributed by atoms with Crippen molar-refractivity contribution >= 4 is 9.84 Å². The molecule has 1 aliphatic rings. The lowest BCUT2D eigenvalue weighted by atomic mass is 9.94. The first-order valence-corrected chi connectivity index (χ1v) is 7.35. The maximum atomic E-state index is 11.5. The Kier molecular flexibility index (Phi) is 4.55. The van der Waals surface area contributed by atoms with E-state index in [1.54, 1.807) is 0 Å². The van der Waals surface area contributed by atoms with Gasteiger partial charge in [0.15, 0.2) is 0 Å². The van der Waals surface area contributed by atoms with Crippen LogP contribution < -0.4 is 5.32 Å². The van der Waals surface area contributed by atoms with Crippen molar-refractivity contribution < 1.29 is 13.2 Å². The van der Waals surface area contributed by atoms with Crippen LogP contribution in [0.25, 0.3) is 0 Å². The molecule has 0 aromatic carbocycles. The average molecular weight is 235 g/mol. The van der Waals surface area contributed by atoms with Crippen LogP contribution in [0.5, 0.6) is 0 Å². The summed E-state index contributed by atoms with van der Waals surface area (Å²) in [4.78, 5) is 0. The zero-order chi connectivity index (χ0) is 11.4. The molecule has 90 valence electrons. The van der Waals surface area contributed by atoms with Crippen molar-refractivity contribution in [1.29, 1.82) is 0 Å². The smallest absolute Gasteiger partial charge is 0.150 e. The fourth-order valence-corrected chi connectivity index (χ4v) is 3.65. The number of nitrogens with one attached hydrogen (secondary N) is 1. The lowest BCUT2D eigenvalue weighted by Gasteiger charge is -2.32. The van der Waals surface area contributed by atoms with Gasteiger partial charge in [0.25, 0.3) is 0 Å². The topological polar surface area (TPSA) is 55.4 Å². The van der Waals surface area contributed by atoms with Crippen LogP contribution in [-0.4, -0.2) is 45.7 Å². The Balaban J connectivity index is 2.72. The van der Waals surface area contributed by atoms with Gasteiger partial charge in [-0.15, -0.1) is 0 Å². The SMILES string of the molecule is CCOC1(CNC)CCCS(=O)(=O)CC1. The number of ether oxygens (including phenoxy) is 1. The molecular formula is C10H21NO3S. The molecule has 0 aliphatic carbocycles. The third-order valence-electron chi connectivity index (χ3n) is 2.91. The Bertz CT molecular complexity index is 281. The minimum atomic E-state index is -2.83. The van der Waals surface area contributed by atoms with Gasteiger partial charge in [-0.25, -0.2) is 8.42 Å². The number of likely N-dealkylation sites (N-methyl/N-ethyl adjacent to an activating group) is 1. The summed E-state index contributed by atoms with van der Waals surface area (Å²) in [5, 5.41) is 3.10. The van der Waals surface area contributed by atoms with Crippen LogP contribution in [0.15, 0.2) is 0 Å². The van der Waals surface area contributed by atoms with Crippen molar-refractivity contribution in [2.75, 3.05) is 31.7 Å². The van der Waals surface area contributed by atoms with E-state index in [1.165, 1.54) is 0 Å². The normalized spacial score (nSPS) is 31.1. The van der Waals surface area contributed by atoms with Crippen LogP contribution in [0.3, 0.4) is 0 Å². The molecule has 15 heavy (non-hydrogen) atoms. The second-order valence-corrected chi connectivity index (χ2v) is 6.46. The second kappa shape index (κ2) is 5.27. The van der Waals surface area contributed by atoms with E-state index in [0.29, 0.717) is 25.2 Å². The molecule has 0 amide bonds. The molecule has 0 bridgehead atoms. The summed E-state index contributed by atoms with van der Waals surface area (Å²) in [5.41, 5.74) is -0.271. The molecule has 1 heterocycles. The molecule has 1 saturated heterocycles. The Morgan fingerprint density at radius 1 is 1.33 bits per heavy atom. The largest absolute Gasteiger partial charge is 0.374 e. The summed E-state index contributed by atoms with van der Waals surface area (Å²) in [7, 11) is -0.959.